The number of Topliss-reactive ketones (excluding diaryl/α,β-unsaturated/α-hetero) is 1. The Balaban J connectivity index is 1.54. The summed E-state index contributed by atoms with van der Waals surface area (Å²) in [7, 11) is 0. The highest BCUT2D eigenvalue weighted by atomic mass is 16.7. The van der Waals surface area contributed by atoms with E-state index in [4.69, 9.17) is 14.2 Å². The summed E-state index contributed by atoms with van der Waals surface area (Å²) in [6, 6.07) is 9.22. The summed E-state index contributed by atoms with van der Waals surface area (Å²) in [5.41, 5.74) is -4.86. The van der Waals surface area contributed by atoms with Gasteiger partial charge in [0, 0.05) is 48.0 Å². The Morgan fingerprint density at radius 2 is 1.89 bits per heavy atom. The molecular formula is C29H38O9. The quantitative estimate of drug-likeness (QED) is 0.330. The molecule has 208 valence electrons. The van der Waals surface area contributed by atoms with Crippen molar-refractivity contribution < 1.29 is 44.2 Å². The molecule has 2 aliphatic carbocycles. The van der Waals surface area contributed by atoms with E-state index in [9.17, 15) is 30.0 Å². The second-order valence-corrected chi connectivity index (χ2v) is 12.0. The minimum atomic E-state index is -1.81. The maximum atomic E-state index is 13.6. The van der Waals surface area contributed by atoms with Crippen LogP contribution in [0.15, 0.2) is 36.4 Å². The van der Waals surface area contributed by atoms with Gasteiger partial charge in [0.1, 0.15) is 23.6 Å². The van der Waals surface area contributed by atoms with Gasteiger partial charge >= 0.3 is 5.97 Å². The molecule has 4 aliphatic rings. The maximum absolute atomic E-state index is 13.6. The minimum Gasteiger partial charge on any atom is -0.456 e. The van der Waals surface area contributed by atoms with E-state index in [2.05, 4.69) is 0 Å². The fraction of sp³-hybridized carbons (Fsp3) is 0.655. The second-order valence-electron chi connectivity index (χ2n) is 12.0. The highest BCUT2D eigenvalue weighted by molar-refractivity contribution is 5.87. The molecule has 2 saturated heterocycles. The number of carbonyl (C=O) groups is 2. The largest absolute Gasteiger partial charge is 0.456 e. The van der Waals surface area contributed by atoms with Crippen molar-refractivity contribution in [2.24, 2.45) is 22.7 Å². The molecule has 1 aromatic rings. The number of esters is 1. The molecule has 0 unspecified atom stereocenters. The van der Waals surface area contributed by atoms with E-state index < -0.39 is 71.0 Å². The number of aliphatic hydroxyl groups excluding tert-OH is 2. The van der Waals surface area contributed by atoms with Gasteiger partial charge in [-0.05, 0) is 18.1 Å². The fourth-order valence-electron chi connectivity index (χ4n) is 7.68. The van der Waals surface area contributed by atoms with Crippen LogP contribution < -0.4 is 0 Å². The van der Waals surface area contributed by atoms with Gasteiger partial charge < -0.3 is 34.6 Å². The summed E-state index contributed by atoms with van der Waals surface area (Å²) in [4.78, 5) is 26.6. The molecule has 1 aromatic carbocycles. The zero-order chi connectivity index (χ0) is 27.5. The Morgan fingerprint density at radius 3 is 2.55 bits per heavy atom. The standard InChI is InChI=1S/C29H38O9/c1-17-22(38-21(32)10-9-18-7-5-4-6-8-18)24(33)27(3)23(19(31)11-12-29(27,35)16-30)26(17,2)20-15-28(34)13-14-36-25(28)37-20/h4-10,17,20,22-25,30,33-35H,11-16H2,1-3H3/b10-9+/t17-,20+,22-,23-,24+,25+,26-,27+,28-,29+/m1/s1. The van der Waals surface area contributed by atoms with Crippen LogP contribution in [-0.4, -0.2) is 81.2 Å². The molecular weight excluding hydrogens is 492 g/mol. The molecule has 2 aliphatic heterocycles. The first-order valence-corrected chi connectivity index (χ1v) is 13.4. The van der Waals surface area contributed by atoms with Gasteiger partial charge in [-0.3, -0.25) is 4.79 Å². The molecule has 2 saturated carbocycles. The molecule has 0 amide bonds. The summed E-state index contributed by atoms with van der Waals surface area (Å²) in [5, 5.41) is 44.9. The third-order valence-corrected chi connectivity index (χ3v) is 10.2. The zero-order valence-electron chi connectivity index (χ0n) is 22.1. The number of fused-ring (bicyclic) bond motifs is 2. The van der Waals surface area contributed by atoms with Crippen LogP contribution in [0.1, 0.15) is 52.0 Å². The molecule has 4 N–H and O–H groups in total. The average molecular weight is 531 g/mol. The lowest BCUT2D eigenvalue weighted by Gasteiger charge is -2.66. The van der Waals surface area contributed by atoms with Crippen LogP contribution in [0.2, 0.25) is 0 Å². The number of ether oxygens (including phenoxy) is 3. The van der Waals surface area contributed by atoms with Gasteiger partial charge in [-0.15, -0.1) is 0 Å². The Hall–Kier alpha value is -2.14. The molecule has 5 rings (SSSR count). The fourth-order valence-corrected chi connectivity index (χ4v) is 7.68. The van der Waals surface area contributed by atoms with Crippen LogP contribution in [0, 0.1) is 22.7 Å². The Kier molecular flexibility index (Phi) is 6.86. The molecule has 9 nitrogen and oxygen atoms in total. The summed E-state index contributed by atoms with van der Waals surface area (Å²) in [6.07, 6.45) is -0.660. The molecule has 10 atom stereocenters. The number of ketones is 1. The Morgan fingerprint density at radius 1 is 1.18 bits per heavy atom. The number of benzene rings is 1. The lowest BCUT2D eigenvalue weighted by Crippen LogP contribution is -2.76. The molecule has 2 heterocycles. The first-order valence-electron chi connectivity index (χ1n) is 13.4. The number of hydrogen-bond acceptors (Lipinski definition) is 9. The van der Waals surface area contributed by atoms with Crippen molar-refractivity contribution in [1.29, 1.82) is 0 Å². The first kappa shape index (κ1) is 27.4. The van der Waals surface area contributed by atoms with Crippen molar-refractivity contribution in [3.63, 3.8) is 0 Å². The molecule has 0 radical (unpaired) electrons. The van der Waals surface area contributed by atoms with Gasteiger partial charge in [0.2, 0.25) is 0 Å². The van der Waals surface area contributed by atoms with Crippen LogP contribution >= 0.6 is 0 Å². The van der Waals surface area contributed by atoms with Crippen molar-refractivity contribution in [2.75, 3.05) is 13.2 Å². The van der Waals surface area contributed by atoms with Crippen LogP contribution in [0.4, 0.5) is 0 Å². The normalized spacial score (nSPS) is 46.7. The van der Waals surface area contributed by atoms with Gasteiger partial charge in [-0.1, -0.05) is 51.1 Å². The van der Waals surface area contributed by atoms with E-state index in [1.165, 1.54) is 6.08 Å². The molecule has 0 spiro atoms. The number of carbonyl (C=O) groups excluding carboxylic acids is 2. The van der Waals surface area contributed by atoms with Crippen LogP contribution in [0.5, 0.6) is 0 Å². The van der Waals surface area contributed by atoms with Crippen molar-refractivity contribution in [3.05, 3.63) is 42.0 Å². The van der Waals surface area contributed by atoms with Gasteiger partial charge in [-0.2, -0.15) is 0 Å². The van der Waals surface area contributed by atoms with Gasteiger partial charge in [-0.25, -0.2) is 4.79 Å². The van der Waals surface area contributed by atoms with E-state index in [1.807, 2.05) is 37.3 Å². The Labute approximate surface area is 222 Å². The maximum Gasteiger partial charge on any atom is 0.331 e. The van der Waals surface area contributed by atoms with E-state index in [0.717, 1.165) is 5.56 Å². The SMILES string of the molecule is C[C@@H]1[C@@H](OC(=O)/C=C/c2ccccc2)[C@H](O)[C@]2(C)[C@H](C(=O)CC[C@]2(O)CO)[C@@]1(C)[C@@H]1C[C@]2(O)CCO[C@H]2O1. The predicted molar refractivity (Wildman–Crippen MR) is 135 cm³/mol. The minimum absolute atomic E-state index is 0.0214. The monoisotopic (exact) mass is 530 g/mol. The zero-order valence-corrected chi connectivity index (χ0v) is 22.1. The van der Waals surface area contributed by atoms with Crippen molar-refractivity contribution in [2.45, 2.75) is 82.3 Å². The van der Waals surface area contributed by atoms with Crippen LogP contribution in [0.3, 0.4) is 0 Å². The highest BCUT2D eigenvalue weighted by Crippen LogP contribution is 2.65. The average Bonchev–Trinajstić information content (AvgIpc) is 3.42. The molecule has 0 aromatic heterocycles. The highest BCUT2D eigenvalue weighted by Gasteiger charge is 2.74. The third-order valence-electron chi connectivity index (χ3n) is 10.2. The van der Waals surface area contributed by atoms with Crippen LogP contribution in [0.25, 0.3) is 6.08 Å². The lowest BCUT2D eigenvalue weighted by atomic mass is 9.41. The van der Waals surface area contributed by atoms with Gasteiger partial charge in [0.15, 0.2) is 6.29 Å². The van der Waals surface area contributed by atoms with E-state index in [0.29, 0.717) is 13.0 Å². The summed E-state index contributed by atoms with van der Waals surface area (Å²) in [6.45, 7) is 4.90. The number of aliphatic hydroxyl groups is 4. The van der Waals surface area contributed by atoms with Gasteiger partial charge in [0.25, 0.3) is 0 Å². The van der Waals surface area contributed by atoms with Crippen molar-refractivity contribution in [1.82, 2.24) is 0 Å². The first-order chi connectivity index (χ1) is 17.9. The third kappa shape index (κ3) is 3.90. The van der Waals surface area contributed by atoms with E-state index in [-0.39, 0.29) is 25.0 Å². The summed E-state index contributed by atoms with van der Waals surface area (Å²) < 4.78 is 17.7. The lowest BCUT2D eigenvalue weighted by molar-refractivity contribution is -0.294. The summed E-state index contributed by atoms with van der Waals surface area (Å²) in [5.74, 6) is -2.40. The molecule has 4 fully saturated rings. The topological polar surface area (TPSA) is 143 Å². The van der Waals surface area contributed by atoms with Crippen molar-refractivity contribution in [3.8, 4) is 0 Å². The van der Waals surface area contributed by atoms with E-state index in [1.54, 1.807) is 19.9 Å². The second kappa shape index (κ2) is 9.50. The van der Waals surface area contributed by atoms with E-state index >= 15 is 0 Å². The Bertz CT molecular complexity index is 1110. The molecule has 9 heteroatoms. The van der Waals surface area contributed by atoms with Gasteiger partial charge in [0.05, 0.1) is 24.9 Å². The predicted octanol–water partition coefficient (Wildman–Crippen LogP) is 1.60. The summed E-state index contributed by atoms with van der Waals surface area (Å²) >= 11 is 0. The molecule has 0 bridgehead atoms. The van der Waals surface area contributed by atoms with Crippen LogP contribution in [-0.2, 0) is 23.8 Å². The molecule has 38 heavy (non-hydrogen) atoms. The number of hydrogen-bond donors (Lipinski definition) is 4. The number of rotatable bonds is 5. The smallest absolute Gasteiger partial charge is 0.331 e. The van der Waals surface area contributed by atoms with Crippen molar-refractivity contribution >= 4 is 17.8 Å².